The molecule has 0 aliphatic carbocycles. The summed E-state index contributed by atoms with van der Waals surface area (Å²) in [6.45, 7) is 0. The highest BCUT2D eigenvalue weighted by Gasteiger charge is 2.33. The van der Waals surface area contributed by atoms with Crippen molar-refractivity contribution >= 4 is 33.4 Å². The van der Waals surface area contributed by atoms with Gasteiger partial charge < -0.3 is 10.5 Å². The first-order valence-electron chi connectivity index (χ1n) is 3.72. The summed E-state index contributed by atoms with van der Waals surface area (Å²) in [5, 5.41) is 0. The minimum absolute atomic E-state index is 0.184. The number of benzene rings is 1. The fourth-order valence-electron chi connectivity index (χ4n) is 0.955. The molecule has 0 aromatic heterocycles. The van der Waals surface area contributed by atoms with Crippen molar-refractivity contribution in [1.29, 1.82) is 0 Å². The van der Waals surface area contributed by atoms with Crippen molar-refractivity contribution in [1.82, 2.24) is 0 Å². The number of nitrogen functional groups attached to an aromatic ring is 1. The molecule has 0 radical (unpaired) electrons. The van der Waals surface area contributed by atoms with Gasteiger partial charge in [-0.05, 0) is 34.3 Å². The number of thioether (sulfide) groups is 1. The van der Waals surface area contributed by atoms with E-state index in [1.165, 1.54) is 12.1 Å². The van der Waals surface area contributed by atoms with Crippen LogP contribution in [0.25, 0.3) is 0 Å². The molecule has 0 aliphatic heterocycles. The third-order valence-electron chi connectivity index (χ3n) is 1.47. The van der Waals surface area contributed by atoms with Gasteiger partial charge in [-0.15, -0.1) is 24.9 Å². The minimum atomic E-state index is -4.71. The first-order chi connectivity index (χ1) is 6.83. The molecule has 0 amide bonds. The molecule has 0 saturated heterocycles. The van der Waals surface area contributed by atoms with E-state index in [1.54, 1.807) is 6.26 Å². The third-order valence-corrected chi connectivity index (χ3v) is 2.80. The maximum Gasteiger partial charge on any atom is 0.573 e. The van der Waals surface area contributed by atoms with Gasteiger partial charge >= 0.3 is 6.36 Å². The average Bonchev–Trinajstić information content (AvgIpc) is 2.07. The molecule has 84 valence electrons. The Morgan fingerprint density at radius 1 is 1.40 bits per heavy atom. The zero-order valence-electron chi connectivity index (χ0n) is 7.56. The normalized spacial score (nSPS) is 11.5. The number of rotatable bonds is 2. The van der Waals surface area contributed by atoms with Gasteiger partial charge in [0.1, 0.15) is 0 Å². The second-order valence-corrected chi connectivity index (χ2v) is 4.28. The maximum absolute atomic E-state index is 12.1. The summed E-state index contributed by atoms with van der Waals surface area (Å²) >= 11 is 4.10. The van der Waals surface area contributed by atoms with Crippen LogP contribution in [0.5, 0.6) is 5.75 Å². The van der Waals surface area contributed by atoms with E-state index in [0.29, 0.717) is 10.6 Å². The number of hydrogen-bond donors (Lipinski definition) is 1. The number of hydrogen-bond acceptors (Lipinski definition) is 3. The Morgan fingerprint density at radius 3 is 2.47 bits per heavy atom. The minimum Gasteiger partial charge on any atom is -0.403 e. The van der Waals surface area contributed by atoms with Crippen molar-refractivity contribution in [3.05, 3.63) is 16.6 Å². The zero-order chi connectivity index (χ0) is 11.6. The summed E-state index contributed by atoms with van der Waals surface area (Å²) in [5.41, 5.74) is 5.86. The average molecular weight is 302 g/mol. The number of anilines is 1. The van der Waals surface area contributed by atoms with Gasteiger partial charge in [0, 0.05) is 5.69 Å². The summed E-state index contributed by atoms with van der Waals surface area (Å²) in [4.78, 5) is 0.333. The fraction of sp³-hybridized carbons (Fsp3) is 0.250. The molecule has 1 aromatic carbocycles. The highest BCUT2D eigenvalue weighted by molar-refractivity contribution is 9.10. The molecule has 0 atom stereocenters. The predicted molar refractivity (Wildman–Crippen MR) is 57.0 cm³/mol. The molecule has 15 heavy (non-hydrogen) atoms. The lowest BCUT2D eigenvalue weighted by Gasteiger charge is -2.14. The van der Waals surface area contributed by atoms with Crippen LogP contribution in [0.1, 0.15) is 0 Å². The molecular weight excluding hydrogens is 295 g/mol. The first kappa shape index (κ1) is 12.5. The predicted octanol–water partition coefficient (Wildman–Crippen LogP) is 3.65. The number of ether oxygens (including phenoxy) is 1. The SMILES string of the molecule is CSc1cc(N)cc(Br)c1OC(F)(F)F. The number of alkyl halides is 3. The highest BCUT2D eigenvalue weighted by Crippen LogP contribution is 2.39. The largest absolute Gasteiger partial charge is 0.573 e. The van der Waals surface area contributed by atoms with E-state index in [1.807, 2.05) is 0 Å². The van der Waals surface area contributed by atoms with Gasteiger partial charge in [-0.3, -0.25) is 0 Å². The van der Waals surface area contributed by atoms with E-state index in [2.05, 4.69) is 20.7 Å². The lowest BCUT2D eigenvalue weighted by molar-refractivity contribution is -0.275. The Balaban J connectivity index is 3.15. The molecular formula is C8H7BrF3NOS. The zero-order valence-corrected chi connectivity index (χ0v) is 9.96. The Labute approximate surface area is 97.1 Å². The van der Waals surface area contributed by atoms with Gasteiger partial charge in [-0.2, -0.15) is 0 Å². The Bertz CT molecular complexity index is 370. The molecule has 0 saturated carbocycles. The van der Waals surface area contributed by atoms with Crippen LogP contribution >= 0.6 is 27.7 Å². The summed E-state index contributed by atoms with van der Waals surface area (Å²) in [6, 6.07) is 2.79. The summed E-state index contributed by atoms with van der Waals surface area (Å²) in [7, 11) is 0. The molecule has 1 aromatic rings. The summed E-state index contributed by atoms with van der Waals surface area (Å²) in [6.07, 6.45) is -3.06. The smallest absolute Gasteiger partial charge is 0.403 e. The van der Waals surface area contributed by atoms with Crippen molar-refractivity contribution in [3.8, 4) is 5.75 Å². The lowest BCUT2D eigenvalue weighted by atomic mass is 10.3. The fourth-order valence-corrected chi connectivity index (χ4v) is 2.24. The lowest BCUT2D eigenvalue weighted by Crippen LogP contribution is -2.18. The molecule has 0 heterocycles. The van der Waals surface area contributed by atoms with Crippen molar-refractivity contribution < 1.29 is 17.9 Å². The molecule has 2 N–H and O–H groups in total. The summed E-state index contributed by atoms with van der Waals surface area (Å²) < 4.78 is 40.2. The van der Waals surface area contributed by atoms with Crippen LogP contribution in [-0.2, 0) is 0 Å². The van der Waals surface area contributed by atoms with Crippen LogP contribution in [0.4, 0.5) is 18.9 Å². The van der Waals surface area contributed by atoms with Crippen LogP contribution in [0, 0.1) is 0 Å². The van der Waals surface area contributed by atoms with E-state index in [4.69, 9.17) is 5.73 Å². The van der Waals surface area contributed by atoms with Crippen molar-refractivity contribution in [2.45, 2.75) is 11.3 Å². The monoisotopic (exact) mass is 301 g/mol. The van der Waals surface area contributed by atoms with Crippen LogP contribution in [0.15, 0.2) is 21.5 Å². The molecule has 0 aliphatic rings. The van der Waals surface area contributed by atoms with E-state index in [9.17, 15) is 13.2 Å². The van der Waals surface area contributed by atoms with E-state index < -0.39 is 6.36 Å². The van der Waals surface area contributed by atoms with Crippen molar-refractivity contribution in [2.24, 2.45) is 0 Å². The van der Waals surface area contributed by atoms with E-state index in [0.717, 1.165) is 11.8 Å². The molecule has 0 unspecified atom stereocenters. The molecule has 1 rings (SSSR count). The van der Waals surface area contributed by atoms with Gasteiger partial charge in [0.2, 0.25) is 0 Å². The second-order valence-electron chi connectivity index (χ2n) is 2.58. The van der Waals surface area contributed by atoms with Gasteiger partial charge in [0.25, 0.3) is 0 Å². The number of halogens is 4. The maximum atomic E-state index is 12.1. The van der Waals surface area contributed by atoms with Gasteiger partial charge in [0.15, 0.2) is 5.75 Å². The standard InChI is InChI=1S/C8H7BrF3NOS/c1-15-6-3-4(13)2-5(9)7(6)14-8(10,11)12/h2-3H,13H2,1H3. The quantitative estimate of drug-likeness (QED) is 0.669. The van der Waals surface area contributed by atoms with E-state index >= 15 is 0 Å². The van der Waals surface area contributed by atoms with Crippen LogP contribution in [0.2, 0.25) is 0 Å². The summed E-state index contributed by atoms with van der Waals surface area (Å²) in [5.74, 6) is -0.260. The van der Waals surface area contributed by atoms with Crippen LogP contribution < -0.4 is 10.5 Å². The van der Waals surface area contributed by atoms with Gasteiger partial charge in [-0.1, -0.05) is 0 Å². The van der Waals surface area contributed by atoms with Gasteiger partial charge in [0.05, 0.1) is 9.37 Å². The Hall–Kier alpha value is -0.560. The third kappa shape index (κ3) is 3.49. The molecule has 0 bridgehead atoms. The number of nitrogens with two attached hydrogens (primary N) is 1. The molecule has 0 fully saturated rings. The van der Waals surface area contributed by atoms with E-state index in [-0.39, 0.29) is 10.2 Å². The highest BCUT2D eigenvalue weighted by atomic mass is 79.9. The van der Waals surface area contributed by atoms with Crippen molar-refractivity contribution in [3.63, 3.8) is 0 Å². The Morgan fingerprint density at radius 2 is 2.00 bits per heavy atom. The van der Waals surface area contributed by atoms with Crippen LogP contribution in [-0.4, -0.2) is 12.6 Å². The van der Waals surface area contributed by atoms with Crippen molar-refractivity contribution in [2.75, 3.05) is 12.0 Å². The van der Waals surface area contributed by atoms with Crippen LogP contribution in [0.3, 0.4) is 0 Å². The second kappa shape index (κ2) is 4.52. The first-order valence-corrected chi connectivity index (χ1v) is 5.74. The Kier molecular flexibility index (Phi) is 3.77. The molecule has 0 spiro atoms. The topological polar surface area (TPSA) is 35.2 Å². The molecule has 7 heteroatoms. The molecule has 2 nitrogen and oxygen atoms in total. The van der Waals surface area contributed by atoms with Gasteiger partial charge in [-0.25, -0.2) is 0 Å².